The first kappa shape index (κ1) is 13.1. The lowest BCUT2D eigenvalue weighted by atomic mass is 9.78. The van der Waals surface area contributed by atoms with Gasteiger partial charge in [-0.3, -0.25) is 4.79 Å². The highest BCUT2D eigenvalue weighted by Crippen LogP contribution is 2.40. The summed E-state index contributed by atoms with van der Waals surface area (Å²) in [7, 11) is 0. The first-order chi connectivity index (χ1) is 9.73. The highest BCUT2D eigenvalue weighted by Gasteiger charge is 2.46. The number of carbonyl (C=O) groups is 1. The molecule has 0 saturated carbocycles. The molecule has 0 radical (unpaired) electrons. The highest BCUT2D eigenvalue weighted by molar-refractivity contribution is 5.85. The summed E-state index contributed by atoms with van der Waals surface area (Å²) in [6, 6.07) is 9.63. The van der Waals surface area contributed by atoms with E-state index < -0.39 is 0 Å². The molecule has 0 unspecified atom stereocenters. The fraction of sp³-hybridized carbons (Fsp3) is 0.500. The molecule has 0 bridgehead atoms. The van der Waals surface area contributed by atoms with Crippen LogP contribution < -0.4 is 5.32 Å². The Balaban J connectivity index is 1.69. The monoisotopic (exact) mass is 269 g/mol. The van der Waals surface area contributed by atoms with Gasteiger partial charge in [-0.05, 0) is 50.0 Å². The fourth-order valence-electron chi connectivity index (χ4n) is 3.32. The number of piperidine rings is 1. The predicted octanol–water partition coefficient (Wildman–Crippen LogP) is 1.66. The van der Waals surface area contributed by atoms with Gasteiger partial charge in [0, 0.05) is 13.1 Å². The minimum Gasteiger partial charge on any atom is -0.338 e. The van der Waals surface area contributed by atoms with E-state index in [2.05, 4.69) is 11.4 Å². The first-order valence-corrected chi connectivity index (χ1v) is 7.23. The first-order valence-electron chi connectivity index (χ1n) is 7.23. The lowest BCUT2D eigenvalue weighted by Crippen LogP contribution is -2.42. The zero-order valence-corrected chi connectivity index (χ0v) is 11.6. The lowest BCUT2D eigenvalue weighted by Gasteiger charge is -2.32. The molecule has 3 rings (SSSR count). The molecule has 2 fully saturated rings. The molecule has 4 heteroatoms. The van der Waals surface area contributed by atoms with Crippen LogP contribution in [-0.2, 0) is 11.3 Å². The minimum absolute atomic E-state index is 0.0994. The molecule has 0 aliphatic carbocycles. The van der Waals surface area contributed by atoms with Crippen molar-refractivity contribution in [3.63, 3.8) is 0 Å². The number of nitriles is 1. The molecule has 0 aromatic heterocycles. The van der Waals surface area contributed by atoms with E-state index in [9.17, 15) is 4.79 Å². The second kappa shape index (κ2) is 5.26. The summed E-state index contributed by atoms with van der Waals surface area (Å²) in [4.78, 5) is 14.6. The van der Waals surface area contributed by atoms with Crippen molar-refractivity contribution in [3.8, 4) is 6.07 Å². The van der Waals surface area contributed by atoms with Crippen molar-refractivity contribution in [2.45, 2.75) is 25.8 Å². The van der Waals surface area contributed by atoms with Crippen LogP contribution in [0.4, 0.5) is 0 Å². The van der Waals surface area contributed by atoms with Crippen LogP contribution in [0.3, 0.4) is 0 Å². The van der Waals surface area contributed by atoms with Crippen LogP contribution in [0.25, 0.3) is 0 Å². The summed E-state index contributed by atoms with van der Waals surface area (Å²) >= 11 is 0. The summed E-state index contributed by atoms with van der Waals surface area (Å²) in [6.07, 6.45) is 2.93. The van der Waals surface area contributed by atoms with Gasteiger partial charge in [-0.15, -0.1) is 0 Å². The maximum Gasteiger partial charge on any atom is 0.229 e. The fourth-order valence-corrected chi connectivity index (χ4v) is 3.32. The Kier molecular flexibility index (Phi) is 3.45. The van der Waals surface area contributed by atoms with Crippen molar-refractivity contribution in [2.75, 3.05) is 19.6 Å². The number of hydrogen-bond acceptors (Lipinski definition) is 3. The number of amides is 1. The summed E-state index contributed by atoms with van der Waals surface area (Å²) in [6.45, 7) is 3.44. The average Bonchev–Trinajstić information content (AvgIpc) is 2.78. The number of rotatable bonds is 2. The Morgan fingerprint density at radius 2 is 1.90 bits per heavy atom. The van der Waals surface area contributed by atoms with E-state index in [1.165, 1.54) is 0 Å². The van der Waals surface area contributed by atoms with Gasteiger partial charge in [0.1, 0.15) is 0 Å². The van der Waals surface area contributed by atoms with Gasteiger partial charge in [-0.1, -0.05) is 12.1 Å². The molecule has 20 heavy (non-hydrogen) atoms. The highest BCUT2D eigenvalue weighted by atomic mass is 16.2. The maximum absolute atomic E-state index is 12.7. The standard InChI is InChI=1S/C16H19N3O/c17-11-13-1-3-14(4-2-13)12-19-10-7-16(15(19)20)5-8-18-9-6-16/h1-4,18H,5-10,12H2. The smallest absolute Gasteiger partial charge is 0.229 e. The molecule has 104 valence electrons. The van der Waals surface area contributed by atoms with Gasteiger partial charge < -0.3 is 10.2 Å². The van der Waals surface area contributed by atoms with Crippen LogP contribution in [0.2, 0.25) is 0 Å². The molecule has 2 aliphatic rings. The maximum atomic E-state index is 12.7. The van der Waals surface area contributed by atoms with Gasteiger partial charge >= 0.3 is 0 Å². The van der Waals surface area contributed by atoms with Gasteiger partial charge in [0.15, 0.2) is 0 Å². The average molecular weight is 269 g/mol. The van der Waals surface area contributed by atoms with Gasteiger partial charge in [-0.2, -0.15) is 5.26 Å². The Bertz CT molecular complexity index is 538. The third-order valence-corrected chi connectivity index (χ3v) is 4.62. The van der Waals surface area contributed by atoms with Crippen LogP contribution in [0.1, 0.15) is 30.4 Å². The van der Waals surface area contributed by atoms with Crippen LogP contribution in [0.5, 0.6) is 0 Å². The van der Waals surface area contributed by atoms with Crippen molar-refractivity contribution in [3.05, 3.63) is 35.4 Å². The van der Waals surface area contributed by atoms with E-state index in [0.717, 1.165) is 44.5 Å². The Hall–Kier alpha value is -1.86. The van der Waals surface area contributed by atoms with Gasteiger partial charge in [0.05, 0.1) is 17.0 Å². The predicted molar refractivity (Wildman–Crippen MR) is 75.7 cm³/mol. The molecule has 2 aliphatic heterocycles. The number of likely N-dealkylation sites (tertiary alicyclic amines) is 1. The lowest BCUT2D eigenvalue weighted by molar-refractivity contribution is -0.137. The Morgan fingerprint density at radius 1 is 1.20 bits per heavy atom. The van der Waals surface area contributed by atoms with Crippen molar-refractivity contribution < 1.29 is 4.79 Å². The molecule has 0 atom stereocenters. The molecule has 1 amide bonds. The van der Waals surface area contributed by atoms with Crippen molar-refractivity contribution >= 4 is 5.91 Å². The van der Waals surface area contributed by atoms with Gasteiger partial charge in [-0.25, -0.2) is 0 Å². The molecular formula is C16H19N3O. The molecule has 1 N–H and O–H groups in total. The Labute approximate surface area is 119 Å². The molecular weight excluding hydrogens is 250 g/mol. The van der Waals surface area contributed by atoms with Crippen LogP contribution in [0.15, 0.2) is 24.3 Å². The number of nitrogens with zero attached hydrogens (tertiary/aromatic N) is 2. The molecule has 1 spiro atoms. The summed E-state index contributed by atoms with van der Waals surface area (Å²) < 4.78 is 0. The van der Waals surface area contributed by atoms with Gasteiger partial charge in [0.25, 0.3) is 0 Å². The van der Waals surface area contributed by atoms with Gasteiger partial charge in [0.2, 0.25) is 5.91 Å². The van der Waals surface area contributed by atoms with Crippen molar-refractivity contribution in [1.82, 2.24) is 10.2 Å². The quantitative estimate of drug-likeness (QED) is 0.888. The normalized spacial score (nSPS) is 21.1. The van der Waals surface area contributed by atoms with E-state index in [0.29, 0.717) is 18.0 Å². The van der Waals surface area contributed by atoms with Crippen LogP contribution in [-0.4, -0.2) is 30.4 Å². The number of benzene rings is 1. The summed E-state index contributed by atoms with van der Waals surface area (Å²) in [5.74, 6) is 0.323. The van der Waals surface area contributed by atoms with E-state index in [1.54, 1.807) is 0 Å². The van der Waals surface area contributed by atoms with Crippen molar-refractivity contribution in [2.24, 2.45) is 5.41 Å². The zero-order chi connectivity index (χ0) is 14.0. The third-order valence-electron chi connectivity index (χ3n) is 4.62. The van der Waals surface area contributed by atoms with E-state index >= 15 is 0 Å². The van der Waals surface area contributed by atoms with Crippen molar-refractivity contribution in [1.29, 1.82) is 5.26 Å². The number of carbonyl (C=O) groups excluding carboxylic acids is 1. The Morgan fingerprint density at radius 3 is 2.55 bits per heavy atom. The molecule has 4 nitrogen and oxygen atoms in total. The molecule has 1 aromatic rings. The second-order valence-corrected chi connectivity index (χ2v) is 5.82. The summed E-state index contributed by atoms with van der Waals surface area (Å²) in [5.41, 5.74) is 1.66. The molecule has 2 heterocycles. The largest absolute Gasteiger partial charge is 0.338 e. The van der Waals surface area contributed by atoms with Crippen LogP contribution in [0, 0.1) is 16.7 Å². The number of hydrogen-bond donors (Lipinski definition) is 1. The van der Waals surface area contributed by atoms with E-state index in [4.69, 9.17) is 5.26 Å². The second-order valence-electron chi connectivity index (χ2n) is 5.82. The van der Waals surface area contributed by atoms with E-state index in [-0.39, 0.29) is 5.41 Å². The SMILES string of the molecule is N#Cc1ccc(CN2CCC3(CCNCC3)C2=O)cc1. The topological polar surface area (TPSA) is 56.1 Å². The molecule has 1 aromatic carbocycles. The molecule has 2 saturated heterocycles. The minimum atomic E-state index is -0.0994. The third kappa shape index (κ3) is 2.30. The summed E-state index contributed by atoms with van der Waals surface area (Å²) in [5, 5.41) is 12.1. The van der Waals surface area contributed by atoms with E-state index in [1.807, 2.05) is 29.2 Å². The van der Waals surface area contributed by atoms with Crippen LogP contribution >= 0.6 is 0 Å². The zero-order valence-electron chi connectivity index (χ0n) is 11.6. The number of nitrogens with one attached hydrogen (secondary N) is 1.